The molecule has 86 valence electrons. The van der Waals surface area contributed by atoms with Crippen molar-refractivity contribution >= 4 is 22.4 Å². The minimum absolute atomic E-state index is 0.389. The maximum absolute atomic E-state index is 9.69. The lowest BCUT2D eigenvalue weighted by molar-refractivity contribution is 0.0887. The number of nitrogen functional groups attached to an aromatic ring is 1. The Morgan fingerprint density at radius 3 is 2.67 bits per heavy atom. The monoisotopic (exact) mass is 231 g/mol. The number of rotatable bonds is 4. The van der Waals surface area contributed by atoms with E-state index in [1.807, 2.05) is 11.9 Å². The van der Waals surface area contributed by atoms with Crippen molar-refractivity contribution in [1.29, 1.82) is 0 Å². The molecular weight excluding hydrogens is 214 g/mol. The van der Waals surface area contributed by atoms with E-state index in [-0.39, 0.29) is 0 Å². The SMILES string of the molecule is COc1c(N)nsc1N(C)CC(C)(C)O. The molecule has 15 heavy (non-hydrogen) atoms. The minimum Gasteiger partial charge on any atom is -0.490 e. The Bertz CT molecular complexity index is 333. The van der Waals surface area contributed by atoms with Gasteiger partial charge in [-0.15, -0.1) is 0 Å². The predicted molar refractivity (Wildman–Crippen MR) is 62.6 cm³/mol. The summed E-state index contributed by atoms with van der Waals surface area (Å²) in [6.07, 6.45) is 0. The normalized spacial score (nSPS) is 11.5. The van der Waals surface area contributed by atoms with Gasteiger partial charge in [0.1, 0.15) is 0 Å². The van der Waals surface area contributed by atoms with Gasteiger partial charge < -0.3 is 20.5 Å². The van der Waals surface area contributed by atoms with Gasteiger partial charge in [-0.25, -0.2) is 0 Å². The molecule has 0 spiro atoms. The molecule has 1 aromatic heterocycles. The fraction of sp³-hybridized carbons (Fsp3) is 0.667. The maximum Gasteiger partial charge on any atom is 0.197 e. The molecule has 1 heterocycles. The highest BCUT2D eigenvalue weighted by atomic mass is 32.1. The average molecular weight is 231 g/mol. The molecule has 0 bridgehead atoms. The summed E-state index contributed by atoms with van der Waals surface area (Å²) in [4.78, 5) is 1.88. The van der Waals surface area contributed by atoms with E-state index < -0.39 is 5.60 Å². The Labute approximate surface area is 93.6 Å². The van der Waals surface area contributed by atoms with Crippen molar-refractivity contribution in [2.45, 2.75) is 19.4 Å². The number of methoxy groups -OCH3 is 1. The smallest absolute Gasteiger partial charge is 0.197 e. The van der Waals surface area contributed by atoms with E-state index in [4.69, 9.17) is 10.5 Å². The topological polar surface area (TPSA) is 71.6 Å². The zero-order chi connectivity index (χ0) is 11.6. The molecule has 0 aromatic carbocycles. The molecule has 0 unspecified atom stereocenters. The molecule has 0 saturated carbocycles. The molecule has 6 heteroatoms. The second-order valence-corrected chi connectivity index (χ2v) is 4.83. The number of anilines is 2. The van der Waals surface area contributed by atoms with Crippen LogP contribution in [0.4, 0.5) is 10.8 Å². The van der Waals surface area contributed by atoms with Crippen LogP contribution in [-0.2, 0) is 0 Å². The summed E-state index contributed by atoms with van der Waals surface area (Å²) in [6, 6.07) is 0. The number of likely N-dealkylation sites (N-methyl/N-ethyl adjacent to an activating group) is 1. The second-order valence-electron chi connectivity index (χ2n) is 4.07. The third kappa shape index (κ3) is 2.97. The van der Waals surface area contributed by atoms with Crippen molar-refractivity contribution in [3.8, 4) is 5.75 Å². The molecule has 0 aliphatic carbocycles. The average Bonchev–Trinajstić information content (AvgIpc) is 2.43. The van der Waals surface area contributed by atoms with Crippen LogP contribution in [0.1, 0.15) is 13.8 Å². The van der Waals surface area contributed by atoms with Crippen LogP contribution in [0.5, 0.6) is 5.75 Å². The Morgan fingerprint density at radius 2 is 2.20 bits per heavy atom. The quantitative estimate of drug-likeness (QED) is 0.807. The van der Waals surface area contributed by atoms with E-state index >= 15 is 0 Å². The third-order valence-corrected chi connectivity index (χ3v) is 2.79. The van der Waals surface area contributed by atoms with Gasteiger partial charge in [0.25, 0.3) is 0 Å². The summed E-state index contributed by atoms with van der Waals surface area (Å²) in [5.41, 5.74) is 4.87. The molecular formula is C9H17N3O2S. The van der Waals surface area contributed by atoms with Crippen LogP contribution >= 0.6 is 11.5 Å². The van der Waals surface area contributed by atoms with E-state index in [9.17, 15) is 5.11 Å². The Kier molecular flexibility index (Phi) is 3.41. The minimum atomic E-state index is -0.765. The van der Waals surface area contributed by atoms with E-state index in [1.54, 1.807) is 21.0 Å². The molecule has 0 aliphatic heterocycles. The van der Waals surface area contributed by atoms with Crippen LogP contribution in [0.15, 0.2) is 0 Å². The Balaban J connectivity index is 2.86. The molecule has 0 radical (unpaired) electrons. The lowest BCUT2D eigenvalue weighted by Crippen LogP contribution is -2.36. The standard InChI is InChI=1S/C9H17N3O2S/c1-9(2,13)5-12(3)8-6(14-4)7(10)11-15-8/h13H,5H2,1-4H3,(H2,10,11). The van der Waals surface area contributed by atoms with Gasteiger partial charge in [0.2, 0.25) is 0 Å². The highest BCUT2D eigenvalue weighted by Gasteiger charge is 2.21. The predicted octanol–water partition coefficient (Wildman–Crippen LogP) is 0.941. The van der Waals surface area contributed by atoms with E-state index in [1.165, 1.54) is 11.5 Å². The van der Waals surface area contributed by atoms with Crippen LogP contribution in [0.2, 0.25) is 0 Å². The molecule has 0 saturated heterocycles. The van der Waals surface area contributed by atoms with Gasteiger partial charge >= 0.3 is 0 Å². The van der Waals surface area contributed by atoms with Crippen LogP contribution in [0.25, 0.3) is 0 Å². The fourth-order valence-corrected chi connectivity index (χ4v) is 2.11. The van der Waals surface area contributed by atoms with Gasteiger partial charge in [0.15, 0.2) is 16.6 Å². The van der Waals surface area contributed by atoms with Crippen molar-refractivity contribution in [3.63, 3.8) is 0 Å². The highest BCUT2D eigenvalue weighted by Crippen LogP contribution is 2.37. The first kappa shape index (κ1) is 12.1. The van der Waals surface area contributed by atoms with Crippen molar-refractivity contribution in [2.75, 3.05) is 31.3 Å². The molecule has 0 aliphatic rings. The van der Waals surface area contributed by atoms with Gasteiger partial charge in [0, 0.05) is 13.6 Å². The Morgan fingerprint density at radius 1 is 1.60 bits per heavy atom. The van der Waals surface area contributed by atoms with Crippen LogP contribution in [-0.4, -0.2) is 35.8 Å². The number of ether oxygens (including phenoxy) is 1. The summed E-state index contributed by atoms with van der Waals surface area (Å²) in [6.45, 7) is 3.99. The largest absolute Gasteiger partial charge is 0.490 e. The van der Waals surface area contributed by atoms with Gasteiger partial charge in [-0.1, -0.05) is 0 Å². The highest BCUT2D eigenvalue weighted by molar-refractivity contribution is 7.11. The first-order valence-electron chi connectivity index (χ1n) is 4.58. The number of nitrogens with two attached hydrogens (primary N) is 1. The van der Waals surface area contributed by atoms with Crippen molar-refractivity contribution in [3.05, 3.63) is 0 Å². The lowest BCUT2D eigenvalue weighted by atomic mass is 10.1. The van der Waals surface area contributed by atoms with Gasteiger partial charge in [0.05, 0.1) is 12.7 Å². The summed E-state index contributed by atoms with van der Waals surface area (Å²) in [5, 5.41) is 10.5. The molecule has 0 amide bonds. The van der Waals surface area contributed by atoms with Crippen molar-refractivity contribution in [2.24, 2.45) is 0 Å². The number of hydrogen-bond donors (Lipinski definition) is 2. The first-order chi connectivity index (χ1) is 6.85. The zero-order valence-electron chi connectivity index (χ0n) is 9.44. The summed E-state index contributed by atoms with van der Waals surface area (Å²) in [7, 11) is 3.43. The second kappa shape index (κ2) is 4.24. The molecule has 5 nitrogen and oxygen atoms in total. The number of nitrogens with zero attached hydrogens (tertiary/aromatic N) is 2. The molecule has 0 fully saturated rings. The first-order valence-corrected chi connectivity index (χ1v) is 5.35. The molecule has 1 rings (SSSR count). The number of hydrogen-bond acceptors (Lipinski definition) is 6. The van der Waals surface area contributed by atoms with Crippen LogP contribution < -0.4 is 15.4 Å². The van der Waals surface area contributed by atoms with E-state index in [0.717, 1.165) is 5.00 Å². The fourth-order valence-electron chi connectivity index (χ4n) is 1.37. The van der Waals surface area contributed by atoms with E-state index in [2.05, 4.69) is 4.37 Å². The van der Waals surface area contributed by atoms with Crippen molar-refractivity contribution in [1.82, 2.24) is 4.37 Å². The summed E-state index contributed by atoms with van der Waals surface area (Å²) in [5.74, 6) is 0.965. The maximum atomic E-state index is 9.69. The van der Waals surface area contributed by atoms with Crippen molar-refractivity contribution < 1.29 is 9.84 Å². The zero-order valence-corrected chi connectivity index (χ0v) is 10.3. The van der Waals surface area contributed by atoms with E-state index in [0.29, 0.717) is 18.1 Å². The third-order valence-electron chi connectivity index (χ3n) is 1.83. The van der Waals surface area contributed by atoms with Crippen LogP contribution in [0.3, 0.4) is 0 Å². The number of aromatic nitrogens is 1. The molecule has 0 atom stereocenters. The summed E-state index contributed by atoms with van der Waals surface area (Å²) < 4.78 is 9.16. The molecule has 1 aromatic rings. The number of aliphatic hydroxyl groups is 1. The molecule has 3 N–H and O–H groups in total. The lowest BCUT2D eigenvalue weighted by Gasteiger charge is -2.26. The van der Waals surface area contributed by atoms with Gasteiger partial charge in [-0.05, 0) is 25.4 Å². The Hall–Kier alpha value is -1.01. The van der Waals surface area contributed by atoms with Gasteiger partial charge in [-0.2, -0.15) is 4.37 Å². The summed E-state index contributed by atoms with van der Waals surface area (Å²) >= 11 is 1.26. The van der Waals surface area contributed by atoms with Gasteiger partial charge in [-0.3, -0.25) is 0 Å². The van der Waals surface area contributed by atoms with Crippen LogP contribution in [0, 0.1) is 0 Å².